The van der Waals surface area contributed by atoms with Crippen molar-refractivity contribution < 1.29 is 65.1 Å². The molecule has 0 atom stereocenters. The van der Waals surface area contributed by atoms with Crippen LogP contribution >= 0.6 is 0 Å². The van der Waals surface area contributed by atoms with Gasteiger partial charge in [-0.1, -0.05) is 0 Å². The fraction of sp³-hybridized carbons (Fsp3) is 0.172. The predicted molar refractivity (Wildman–Crippen MR) is 144 cm³/mol. The molecule has 0 amide bonds. The molecule has 1 radical (unpaired) electrons. The first-order valence-electron chi connectivity index (χ1n) is 12.4. The zero-order valence-corrected chi connectivity index (χ0v) is 26.1. The Morgan fingerprint density at radius 1 is 0.590 bits per heavy atom. The topological polar surface area (TPSA) is 96.0 Å². The number of methoxy groups -OCH3 is 1. The Balaban J connectivity index is 0.000000276. The molecule has 0 spiro atoms. The van der Waals surface area contributed by atoms with Gasteiger partial charge in [-0.15, -0.1) is 0 Å². The summed E-state index contributed by atoms with van der Waals surface area (Å²) < 4.78 is 71.9. The molecule has 203 valence electrons. The second-order valence-corrected chi connectivity index (χ2v) is 11.6. The Kier molecular flexibility index (Phi) is 12.0. The van der Waals surface area contributed by atoms with E-state index in [1.54, 1.807) is 48.5 Å². The van der Waals surface area contributed by atoms with Gasteiger partial charge in [0.05, 0.1) is 36.4 Å². The van der Waals surface area contributed by atoms with Crippen LogP contribution in [0.2, 0.25) is 0 Å². The number of ether oxygens (including phenoxy) is 3. The Labute approximate surface area is 257 Å². The van der Waals surface area contributed by atoms with Crippen LogP contribution in [-0.2, 0) is 52.4 Å². The van der Waals surface area contributed by atoms with E-state index in [0.29, 0.717) is 30.5 Å². The maximum atomic E-state index is 12.5. The molecule has 4 aromatic rings. The molecule has 0 aliphatic rings. The molecule has 10 heteroatoms. The summed E-state index contributed by atoms with van der Waals surface area (Å²) in [4.78, 5) is 0.923. The van der Waals surface area contributed by atoms with Gasteiger partial charge in [-0.3, -0.25) is 0 Å². The zero-order chi connectivity index (χ0) is 28.3. The molecular weight excluding hydrogens is 613 g/mol. The maximum absolute atomic E-state index is 12.5. The Hall–Kier alpha value is -2.72. The summed E-state index contributed by atoms with van der Waals surface area (Å²) in [6, 6.07) is 27.8. The Morgan fingerprint density at radius 3 is 1.26 bits per heavy atom. The van der Waals surface area contributed by atoms with Crippen molar-refractivity contribution in [3.63, 3.8) is 0 Å². The van der Waals surface area contributed by atoms with Crippen LogP contribution in [0, 0.1) is 6.07 Å². The van der Waals surface area contributed by atoms with Gasteiger partial charge in [0.2, 0.25) is 9.84 Å². The first kappa shape index (κ1) is 30.8. The monoisotopic (exact) mass is 644 g/mol. The van der Waals surface area contributed by atoms with E-state index in [-0.39, 0.29) is 59.4 Å². The molecule has 0 aliphatic carbocycles. The van der Waals surface area contributed by atoms with Crippen LogP contribution in [-0.4, -0.2) is 37.1 Å². The predicted octanol–water partition coefficient (Wildman–Crippen LogP) is 5.64. The molecule has 0 fully saturated rings. The minimum Gasteiger partial charge on any atom is -0.497 e. The molecule has 4 aromatic carbocycles. The molecule has 0 N–H and O–H groups in total. The van der Waals surface area contributed by atoms with Crippen molar-refractivity contribution in [2.45, 2.75) is 33.4 Å². The molecule has 7 nitrogen and oxygen atoms in total. The second kappa shape index (κ2) is 15.2. The SMILES string of the molecule is CCOc1ccc(S(=O)(=O)c2cc[c-]cc2)cc1.[3H]COc1ccc(S(=O)(=O)c2ccc(OCC)cc2)cc1.[Y]. The third-order valence-corrected chi connectivity index (χ3v) is 8.76. The van der Waals surface area contributed by atoms with Gasteiger partial charge < -0.3 is 14.2 Å². The van der Waals surface area contributed by atoms with Crippen molar-refractivity contribution in [2.24, 2.45) is 0 Å². The quantitative estimate of drug-likeness (QED) is 0.218. The number of benzene rings is 4. The van der Waals surface area contributed by atoms with E-state index in [0.717, 1.165) is 0 Å². The minimum atomic E-state index is -3.56. The number of hydrogen-bond donors (Lipinski definition) is 0. The summed E-state index contributed by atoms with van der Waals surface area (Å²) in [5, 5.41) is 0. The van der Waals surface area contributed by atoms with Crippen LogP contribution in [0.25, 0.3) is 0 Å². The van der Waals surface area contributed by atoms with Gasteiger partial charge in [0.25, 0.3) is 0 Å². The molecule has 0 bridgehead atoms. The van der Waals surface area contributed by atoms with Gasteiger partial charge >= 0.3 is 0 Å². The van der Waals surface area contributed by atoms with Gasteiger partial charge in [0.1, 0.15) is 17.2 Å². The summed E-state index contributed by atoms with van der Waals surface area (Å²) in [6.45, 7) is 4.83. The van der Waals surface area contributed by atoms with Gasteiger partial charge in [0.15, 0.2) is 9.84 Å². The summed E-state index contributed by atoms with van der Waals surface area (Å²) >= 11 is 0. The fourth-order valence-electron chi connectivity index (χ4n) is 3.30. The van der Waals surface area contributed by atoms with Crippen molar-refractivity contribution >= 4 is 19.7 Å². The molecule has 0 aromatic heterocycles. The van der Waals surface area contributed by atoms with E-state index >= 15 is 0 Å². The van der Waals surface area contributed by atoms with Gasteiger partial charge in [-0.05, 0) is 91.5 Å². The number of hydrogen-bond acceptors (Lipinski definition) is 7. The fourth-order valence-corrected chi connectivity index (χ4v) is 5.82. The van der Waals surface area contributed by atoms with Crippen molar-refractivity contribution in [2.75, 3.05) is 20.3 Å². The van der Waals surface area contributed by atoms with E-state index in [9.17, 15) is 16.8 Å². The smallest absolute Gasteiger partial charge is 0.206 e. The van der Waals surface area contributed by atoms with Gasteiger partial charge in [0, 0.05) is 32.7 Å². The third kappa shape index (κ3) is 8.63. The summed E-state index contributed by atoms with van der Waals surface area (Å²) in [5.41, 5.74) is 0. The molecule has 0 saturated carbocycles. The zero-order valence-electron chi connectivity index (χ0n) is 22.6. The normalized spacial score (nSPS) is 11.2. The Morgan fingerprint density at radius 2 is 0.923 bits per heavy atom. The van der Waals surface area contributed by atoms with Crippen LogP contribution in [0.3, 0.4) is 0 Å². The van der Waals surface area contributed by atoms with Crippen molar-refractivity contribution in [1.29, 1.82) is 0 Å². The van der Waals surface area contributed by atoms with E-state index < -0.39 is 19.7 Å². The van der Waals surface area contributed by atoms with E-state index in [2.05, 4.69) is 6.07 Å². The van der Waals surface area contributed by atoms with Crippen LogP contribution in [0.1, 0.15) is 15.2 Å². The molecule has 0 heterocycles. The third-order valence-electron chi connectivity index (χ3n) is 5.19. The number of sulfone groups is 2. The minimum absolute atomic E-state index is 0. The van der Waals surface area contributed by atoms with Crippen molar-refractivity contribution in [1.82, 2.24) is 0 Å². The molecule has 0 aliphatic heterocycles. The molecule has 0 unspecified atom stereocenters. The van der Waals surface area contributed by atoms with Crippen LogP contribution in [0.15, 0.2) is 117 Å². The van der Waals surface area contributed by atoms with Crippen LogP contribution in [0.5, 0.6) is 17.2 Å². The van der Waals surface area contributed by atoms with Crippen LogP contribution < -0.4 is 14.2 Å². The molecular formula is C29H29O7S2Y-. The summed E-state index contributed by atoms with van der Waals surface area (Å²) in [5.74, 6) is 1.77. The second-order valence-electron chi connectivity index (χ2n) is 7.67. The van der Waals surface area contributed by atoms with Gasteiger partial charge in [-0.2, -0.15) is 30.3 Å². The van der Waals surface area contributed by atoms with E-state index in [4.69, 9.17) is 15.6 Å². The first-order valence-corrected chi connectivity index (χ1v) is 14.6. The molecule has 39 heavy (non-hydrogen) atoms. The molecule has 0 saturated heterocycles. The molecule has 4 rings (SSSR count). The number of rotatable bonds is 9. The average Bonchev–Trinajstić information content (AvgIpc) is 2.95. The van der Waals surface area contributed by atoms with Crippen molar-refractivity contribution in [3.8, 4) is 17.2 Å². The summed E-state index contributed by atoms with van der Waals surface area (Å²) in [7, 11) is -7.21. The van der Waals surface area contributed by atoms with Gasteiger partial charge in [-0.25, -0.2) is 16.8 Å². The Bertz CT molecular complexity index is 1470. The first-order chi connectivity index (χ1) is 18.7. The van der Waals surface area contributed by atoms with Crippen LogP contribution in [0.4, 0.5) is 0 Å². The maximum Gasteiger partial charge on any atom is 0.206 e. The average molecular weight is 645 g/mol. The largest absolute Gasteiger partial charge is 0.497 e. The van der Waals surface area contributed by atoms with E-state index in [1.165, 1.54) is 48.5 Å². The van der Waals surface area contributed by atoms with E-state index in [1.807, 2.05) is 13.8 Å². The standard InChI is InChI=1S/C15H16O4S.C14H13O3S.Y/c1-3-19-13-6-10-15(11-7-13)20(16,17)14-8-4-12(18-2)5-9-14;1-2-17-12-8-10-14(11-9-12)18(15,16)13-6-4-3-5-7-13;/h4-11H,3H2,1-2H3;4-11H,2H2,1H3;/q;-1;/i2T;;. The van der Waals surface area contributed by atoms with Crippen molar-refractivity contribution in [3.05, 3.63) is 103 Å². The summed E-state index contributed by atoms with van der Waals surface area (Å²) in [6.07, 6.45) is 0.